The molecule has 0 saturated heterocycles. The smallest absolute Gasteiger partial charge is 0.130 e. The molecule has 1 aromatic carbocycles. The summed E-state index contributed by atoms with van der Waals surface area (Å²) in [6.45, 7) is 3.97. The van der Waals surface area contributed by atoms with E-state index in [0.717, 1.165) is 11.5 Å². The normalized spacial score (nSPS) is 29.7. The third-order valence-electron chi connectivity index (χ3n) is 3.25. The van der Waals surface area contributed by atoms with Crippen molar-refractivity contribution in [1.29, 1.82) is 0 Å². The van der Waals surface area contributed by atoms with Gasteiger partial charge in [-0.25, -0.2) is 0 Å². The van der Waals surface area contributed by atoms with Crippen LogP contribution >= 0.6 is 0 Å². The topological polar surface area (TPSA) is 9.23 Å². The molecule has 0 N–H and O–H groups in total. The molecule has 2 aliphatic rings. The molecular weight excluding hydrogens is 160 g/mol. The zero-order valence-electron chi connectivity index (χ0n) is 7.49. The molecule has 1 aliphatic heterocycles. The van der Waals surface area contributed by atoms with Crippen LogP contribution in [0.3, 0.4) is 0 Å². The van der Waals surface area contributed by atoms with Crippen LogP contribution in [-0.4, -0.2) is 0 Å². The Labute approximate surface area is 78.0 Å². The highest BCUT2D eigenvalue weighted by molar-refractivity contribution is 5.43. The maximum Gasteiger partial charge on any atom is 0.130 e. The monoisotopic (exact) mass is 172 g/mol. The van der Waals surface area contributed by atoms with Gasteiger partial charge in [0.15, 0.2) is 0 Å². The maximum atomic E-state index is 5.67. The number of fused-ring (bicyclic) bond motifs is 3. The van der Waals surface area contributed by atoms with Crippen molar-refractivity contribution in [2.75, 3.05) is 0 Å². The molecule has 2 atom stereocenters. The van der Waals surface area contributed by atoms with E-state index in [1.807, 2.05) is 12.1 Å². The highest BCUT2D eigenvalue weighted by Crippen LogP contribution is 2.52. The molecule has 0 radical (unpaired) electrons. The van der Waals surface area contributed by atoms with E-state index in [0.29, 0.717) is 11.8 Å². The van der Waals surface area contributed by atoms with Crippen LogP contribution in [0.1, 0.15) is 24.3 Å². The van der Waals surface area contributed by atoms with Crippen LogP contribution in [0.15, 0.2) is 36.6 Å². The first-order valence-electron chi connectivity index (χ1n) is 4.82. The van der Waals surface area contributed by atoms with Crippen LogP contribution in [0.2, 0.25) is 0 Å². The van der Waals surface area contributed by atoms with Crippen LogP contribution in [0.25, 0.3) is 0 Å². The zero-order valence-corrected chi connectivity index (χ0v) is 7.49. The Morgan fingerprint density at radius 2 is 1.92 bits per heavy atom. The highest BCUT2D eigenvalue weighted by atomic mass is 16.5. The Morgan fingerprint density at radius 3 is 2.69 bits per heavy atom. The molecule has 1 heteroatoms. The third kappa shape index (κ3) is 0.873. The number of para-hydroxylation sites is 1. The molecule has 1 nitrogen and oxygen atoms in total. The molecule has 1 aromatic rings. The lowest BCUT2D eigenvalue weighted by atomic mass is 9.68. The SMILES string of the molecule is C=C1Oc2ccccc2[C@H]2CC[C@@H]12. The van der Waals surface area contributed by atoms with Gasteiger partial charge in [0.1, 0.15) is 11.5 Å². The van der Waals surface area contributed by atoms with E-state index in [-0.39, 0.29) is 0 Å². The minimum Gasteiger partial charge on any atom is -0.462 e. The average molecular weight is 172 g/mol. The van der Waals surface area contributed by atoms with Gasteiger partial charge in [0.05, 0.1) is 0 Å². The van der Waals surface area contributed by atoms with Crippen molar-refractivity contribution in [2.45, 2.75) is 18.8 Å². The summed E-state index contributed by atoms with van der Waals surface area (Å²) in [6.07, 6.45) is 2.54. The molecule has 0 unspecified atom stereocenters. The predicted molar refractivity (Wildman–Crippen MR) is 51.7 cm³/mol. The second-order valence-electron chi connectivity index (χ2n) is 3.90. The molecule has 0 bridgehead atoms. The molecule has 1 saturated carbocycles. The van der Waals surface area contributed by atoms with Crippen molar-refractivity contribution in [1.82, 2.24) is 0 Å². The second-order valence-corrected chi connectivity index (χ2v) is 3.90. The van der Waals surface area contributed by atoms with Crippen LogP contribution in [0, 0.1) is 5.92 Å². The minimum atomic E-state index is 0.592. The molecule has 13 heavy (non-hydrogen) atoms. The summed E-state index contributed by atoms with van der Waals surface area (Å²) in [6, 6.07) is 8.32. The third-order valence-corrected chi connectivity index (χ3v) is 3.25. The predicted octanol–water partition coefficient (Wildman–Crippen LogP) is 3.09. The Hall–Kier alpha value is -1.24. The van der Waals surface area contributed by atoms with Crippen molar-refractivity contribution < 1.29 is 4.74 Å². The summed E-state index contributed by atoms with van der Waals surface area (Å²) in [5.41, 5.74) is 1.38. The molecule has 1 aliphatic carbocycles. The van der Waals surface area contributed by atoms with Crippen molar-refractivity contribution >= 4 is 0 Å². The summed E-state index contributed by atoms with van der Waals surface area (Å²) >= 11 is 0. The molecule has 0 amide bonds. The fraction of sp³-hybridized carbons (Fsp3) is 0.333. The first-order chi connectivity index (χ1) is 6.36. The Balaban J connectivity index is 2.12. The summed E-state index contributed by atoms with van der Waals surface area (Å²) in [5.74, 6) is 3.27. The summed E-state index contributed by atoms with van der Waals surface area (Å²) in [7, 11) is 0. The fourth-order valence-corrected chi connectivity index (χ4v) is 2.35. The Bertz CT molecular complexity index is 367. The van der Waals surface area contributed by atoms with E-state index in [9.17, 15) is 0 Å². The zero-order chi connectivity index (χ0) is 8.84. The van der Waals surface area contributed by atoms with E-state index in [2.05, 4.69) is 18.7 Å². The number of benzene rings is 1. The van der Waals surface area contributed by atoms with Crippen molar-refractivity contribution in [3.05, 3.63) is 42.2 Å². The van der Waals surface area contributed by atoms with Crippen LogP contribution < -0.4 is 4.74 Å². The van der Waals surface area contributed by atoms with Gasteiger partial charge in [-0.3, -0.25) is 0 Å². The van der Waals surface area contributed by atoms with Gasteiger partial charge in [-0.1, -0.05) is 24.8 Å². The maximum absolute atomic E-state index is 5.67. The molecule has 1 heterocycles. The molecule has 3 rings (SSSR count). The average Bonchev–Trinajstić information content (AvgIpc) is 2.04. The molecular formula is C12H12O. The van der Waals surface area contributed by atoms with E-state index in [1.54, 1.807) is 0 Å². The van der Waals surface area contributed by atoms with Gasteiger partial charge in [0, 0.05) is 5.92 Å². The molecule has 0 spiro atoms. The Morgan fingerprint density at radius 1 is 1.15 bits per heavy atom. The number of allylic oxidation sites excluding steroid dienone is 1. The van der Waals surface area contributed by atoms with Crippen LogP contribution in [0.5, 0.6) is 5.75 Å². The summed E-state index contributed by atoms with van der Waals surface area (Å²) in [5, 5.41) is 0. The number of hydrogen-bond acceptors (Lipinski definition) is 1. The lowest BCUT2D eigenvalue weighted by molar-refractivity contribution is 0.190. The number of rotatable bonds is 0. The first-order valence-corrected chi connectivity index (χ1v) is 4.82. The van der Waals surface area contributed by atoms with Gasteiger partial charge in [0.25, 0.3) is 0 Å². The standard InChI is InChI=1S/C12H12O/c1-8-9-6-7-10(9)11-4-2-3-5-12(11)13-8/h2-5,9-10H,1,6-7H2/t9-,10-/m0/s1. The second kappa shape index (κ2) is 2.38. The van der Waals surface area contributed by atoms with Crippen LogP contribution in [-0.2, 0) is 0 Å². The van der Waals surface area contributed by atoms with Gasteiger partial charge in [-0.05, 0) is 30.4 Å². The van der Waals surface area contributed by atoms with Gasteiger partial charge >= 0.3 is 0 Å². The van der Waals surface area contributed by atoms with Gasteiger partial charge in [-0.2, -0.15) is 0 Å². The molecule has 66 valence electrons. The van der Waals surface area contributed by atoms with Gasteiger partial charge < -0.3 is 4.74 Å². The largest absolute Gasteiger partial charge is 0.462 e. The quantitative estimate of drug-likeness (QED) is 0.584. The number of ether oxygens (including phenoxy) is 1. The van der Waals surface area contributed by atoms with Gasteiger partial charge in [0.2, 0.25) is 0 Å². The van der Waals surface area contributed by atoms with Crippen molar-refractivity contribution in [3.63, 3.8) is 0 Å². The van der Waals surface area contributed by atoms with Crippen molar-refractivity contribution in [2.24, 2.45) is 5.92 Å². The van der Waals surface area contributed by atoms with E-state index < -0.39 is 0 Å². The van der Waals surface area contributed by atoms with E-state index in [4.69, 9.17) is 4.74 Å². The summed E-state index contributed by atoms with van der Waals surface area (Å²) in [4.78, 5) is 0. The number of hydrogen-bond donors (Lipinski definition) is 0. The fourth-order valence-electron chi connectivity index (χ4n) is 2.35. The Kier molecular flexibility index (Phi) is 1.32. The molecule has 0 aromatic heterocycles. The first kappa shape index (κ1) is 7.19. The van der Waals surface area contributed by atoms with E-state index in [1.165, 1.54) is 18.4 Å². The van der Waals surface area contributed by atoms with Crippen LogP contribution in [0.4, 0.5) is 0 Å². The summed E-state index contributed by atoms with van der Waals surface area (Å²) < 4.78 is 5.67. The lowest BCUT2D eigenvalue weighted by Crippen LogP contribution is -2.31. The van der Waals surface area contributed by atoms with Crippen molar-refractivity contribution in [3.8, 4) is 5.75 Å². The van der Waals surface area contributed by atoms with Gasteiger partial charge in [-0.15, -0.1) is 0 Å². The lowest BCUT2D eigenvalue weighted by Gasteiger charge is -2.42. The molecule has 1 fully saturated rings. The van der Waals surface area contributed by atoms with E-state index >= 15 is 0 Å². The minimum absolute atomic E-state index is 0.592. The highest BCUT2D eigenvalue weighted by Gasteiger charge is 2.40.